The topological polar surface area (TPSA) is 45.7 Å². The maximum Gasteiger partial charge on any atom is 0.343 e. The number of hydrogen-bond donors (Lipinski definition) is 0. The number of carbonyl (C=O) groups excluding carboxylic acids is 1. The van der Waals surface area contributed by atoms with Crippen LogP contribution in [0.4, 0.5) is 15.9 Å². The molecule has 5 nitrogen and oxygen atoms in total. The molecule has 1 aromatic heterocycles. The Morgan fingerprint density at radius 1 is 1.04 bits per heavy atom. The van der Waals surface area contributed by atoms with E-state index < -0.39 is 5.60 Å². The van der Waals surface area contributed by atoms with Crippen molar-refractivity contribution in [2.75, 3.05) is 36.0 Å². The van der Waals surface area contributed by atoms with Crippen LogP contribution in [-0.4, -0.2) is 37.1 Å². The van der Waals surface area contributed by atoms with Gasteiger partial charge in [-0.2, -0.15) is 0 Å². The van der Waals surface area contributed by atoms with Gasteiger partial charge in [-0.1, -0.05) is 0 Å². The Kier molecular flexibility index (Phi) is 3.63. The van der Waals surface area contributed by atoms with Crippen molar-refractivity contribution in [3.63, 3.8) is 0 Å². The molecule has 1 fully saturated rings. The molecule has 25 heavy (non-hydrogen) atoms. The highest BCUT2D eigenvalue weighted by molar-refractivity contribution is 5.99. The van der Waals surface area contributed by atoms with Crippen molar-refractivity contribution in [2.24, 2.45) is 0 Å². The lowest BCUT2D eigenvalue weighted by molar-refractivity contribution is 0.00957. The number of rotatable bonds is 2. The molecule has 2 aromatic rings. The molecule has 0 radical (unpaired) electrons. The fraction of sp³-hybridized carbons (Fsp3) is 0.368. The van der Waals surface area contributed by atoms with Gasteiger partial charge in [0.25, 0.3) is 0 Å². The van der Waals surface area contributed by atoms with Gasteiger partial charge in [-0.15, -0.1) is 0 Å². The van der Waals surface area contributed by atoms with Crippen molar-refractivity contribution in [3.8, 4) is 0 Å². The number of benzene rings is 1. The molecule has 0 bridgehead atoms. The second-order valence-corrected chi connectivity index (χ2v) is 6.91. The summed E-state index contributed by atoms with van der Waals surface area (Å²) in [4.78, 5) is 21.1. The van der Waals surface area contributed by atoms with Crippen LogP contribution < -0.4 is 9.80 Å². The monoisotopic (exact) mass is 341 g/mol. The lowest BCUT2D eigenvalue weighted by Gasteiger charge is -2.37. The largest absolute Gasteiger partial charge is 0.451 e. The Morgan fingerprint density at radius 2 is 1.68 bits per heavy atom. The molecule has 4 rings (SSSR count). The van der Waals surface area contributed by atoms with Crippen molar-refractivity contribution in [2.45, 2.75) is 19.4 Å². The van der Waals surface area contributed by atoms with Crippen molar-refractivity contribution in [1.29, 1.82) is 0 Å². The highest BCUT2D eigenvalue weighted by Gasteiger charge is 2.41. The maximum atomic E-state index is 13.1. The average Bonchev–Trinajstić information content (AvgIpc) is 2.85. The van der Waals surface area contributed by atoms with Crippen LogP contribution in [0.25, 0.3) is 0 Å². The molecule has 0 N–H and O–H groups in total. The van der Waals surface area contributed by atoms with E-state index in [1.54, 1.807) is 18.3 Å². The van der Waals surface area contributed by atoms with Crippen LogP contribution >= 0.6 is 0 Å². The highest BCUT2D eigenvalue weighted by Crippen LogP contribution is 2.39. The molecule has 130 valence electrons. The van der Waals surface area contributed by atoms with E-state index in [1.807, 2.05) is 19.9 Å². The number of nitrogens with zero attached hydrogens (tertiary/aromatic N) is 3. The zero-order valence-corrected chi connectivity index (χ0v) is 14.3. The Bertz CT molecular complexity index is 812. The zero-order valence-electron chi connectivity index (χ0n) is 14.3. The number of carbonyl (C=O) groups is 1. The standard InChI is InChI=1S/C19H20FN3O2/c1-19(2)15-7-8-21-17(16(15)18(24)25-19)23-11-9-22(10-12-23)14-5-3-13(20)4-6-14/h3-8H,9-12H2,1-2H3. The summed E-state index contributed by atoms with van der Waals surface area (Å²) >= 11 is 0. The Labute approximate surface area is 146 Å². The Balaban J connectivity index is 1.55. The normalized spacial score (nSPS) is 18.9. The van der Waals surface area contributed by atoms with Gasteiger partial charge in [0.1, 0.15) is 22.8 Å². The second kappa shape index (κ2) is 5.72. The number of ether oxygens (including phenoxy) is 1. The van der Waals surface area contributed by atoms with Crippen LogP contribution in [0, 0.1) is 5.82 Å². The summed E-state index contributed by atoms with van der Waals surface area (Å²) < 4.78 is 18.6. The lowest BCUT2D eigenvalue weighted by Crippen LogP contribution is -2.47. The molecule has 3 heterocycles. The van der Waals surface area contributed by atoms with Crippen LogP contribution in [0.1, 0.15) is 29.8 Å². The first-order chi connectivity index (χ1) is 12.0. The molecule has 0 unspecified atom stereocenters. The van der Waals surface area contributed by atoms with Gasteiger partial charge in [0.2, 0.25) is 0 Å². The van der Waals surface area contributed by atoms with E-state index in [4.69, 9.17) is 4.74 Å². The van der Waals surface area contributed by atoms with Crippen LogP contribution in [0.2, 0.25) is 0 Å². The van der Waals surface area contributed by atoms with E-state index in [9.17, 15) is 9.18 Å². The van der Waals surface area contributed by atoms with Crippen molar-refractivity contribution < 1.29 is 13.9 Å². The molecule has 1 saturated heterocycles. The molecular formula is C19H20FN3O2. The predicted octanol–water partition coefficient (Wildman–Crippen LogP) is 2.95. The molecule has 6 heteroatoms. The molecule has 2 aliphatic heterocycles. The number of hydrogen-bond acceptors (Lipinski definition) is 5. The van der Waals surface area contributed by atoms with Gasteiger partial charge in [0.05, 0.1) is 0 Å². The van der Waals surface area contributed by atoms with E-state index >= 15 is 0 Å². The quantitative estimate of drug-likeness (QED) is 0.786. The van der Waals surface area contributed by atoms with Gasteiger partial charge in [0, 0.05) is 43.6 Å². The SMILES string of the molecule is CC1(C)OC(=O)c2c1ccnc2N1CCN(c2ccc(F)cc2)CC1. The molecule has 0 saturated carbocycles. The third kappa shape index (κ3) is 2.71. The van der Waals surface area contributed by atoms with Gasteiger partial charge in [-0.05, 0) is 44.2 Å². The Morgan fingerprint density at radius 3 is 2.36 bits per heavy atom. The van der Waals surface area contributed by atoms with E-state index in [0.717, 1.165) is 37.4 Å². The van der Waals surface area contributed by atoms with Crippen LogP contribution in [-0.2, 0) is 10.3 Å². The first-order valence-corrected chi connectivity index (χ1v) is 8.44. The first-order valence-electron chi connectivity index (χ1n) is 8.44. The number of anilines is 2. The first kappa shape index (κ1) is 15.9. The summed E-state index contributed by atoms with van der Waals surface area (Å²) in [6, 6.07) is 8.40. The molecule has 0 amide bonds. The summed E-state index contributed by atoms with van der Waals surface area (Å²) in [5.74, 6) is 0.170. The summed E-state index contributed by atoms with van der Waals surface area (Å²) in [5.41, 5.74) is 1.87. The minimum Gasteiger partial charge on any atom is -0.451 e. The number of fused-ring (bicyclic) bond motifs is 1. The van der Waals surface area contributed by atoms with E-state index in [-0.39, 0.29) is 11.8 Å². The van der Waals surface area contributed by atoms with E-state index in [1.165, 1.54) is 12.1 Å². The predicted molar refractivity (Wildman–Crippen MR) is 93.5 cm³/mol. The van der Waals surface area contributed by atoms with Crippen molar-refractivity contribution >= 4 is 17.5 Å². The number of esters is 1. The van der Waals surface area contributed by atoms with Gasteiger partial charge in [-0.3, -0.25) is 0 Å². The summed E-state index contributed by atoms with van der Waals surface area (Å²) in [5, 5.41) is 0. The van der Waals surface area contributed by atoms with E-state index in [2.05, 4.69) is 14.8 Å². The van der Waals surface area contributed by atoms with Gasteiger partial charge in [-0.25, -0.2) is 14.2 Å². The second-order valence-electron chi connectivity index (χ2n) is 6.91. The van der Waals surface area contributed by atoms with Crippen molar-refractivity contribution in [1.82, 2.24) is 4.98 Å². The van der Waals surface area contributed by atoms with Gasteiger partial charge in [0.15, 0.2) is 0 Å². The summed E-state index contributed by atoms with van der Waals surface area (Å²) in [6.45, 7) is 6.86. The van der Waals surface area contributed by atoms with Crippen LogP contribution in [0.3, 0.4) is 0 Å². The molecule has 1 aromatic carbocycles. The minimum atomic E-state index is -0.611. The summed E-state index contributed by atoms with van der Waals surface area (Å²) in [6.07, 6.45) is 1.74. The fourth-order valence-corrected chi connectivity index (χ4v) is 3.56. The smallest absolute Gasteiger partial charge is 0.343 e. The fourth-order valence-electron chi connectivity index (χ4n) is 3.56. The minimum absolute atomic E-state index is 0.229. The third-order valence-electron chi connectivity index (χ3n) is 4.90. The van der Waals surface area contributed by atoms with Gasteiger partial charge >= 0.3 is 5.97 Å². The number of halogens is 1. The maximum absolute atomic E-state index is 13.1. The lowest BCUT2D eigenvalue weighted by atomic mass is 9.97. The van der Waals surface area contributed by atoms with Crippen LogP contribution in [0.5, 0.6) is 0 Å². The molecule has 2 aliphatic rings. The number of piperazine rings is 1. The van der Waals surface area contributed by atoms with Gasteiger partial charge < -0.3 is 14.5 Å². The number of cyclic esters (lactones) is 1. The Hall–Kier alpha value is -2.63. The number of pyridine rings is 1. The molecule has 0 atom stereocenters. The molecular weight excluding hydrogens is 321 g/mol. The summed E-state index contributed by atoms with van der Waals surface area (Å²) in [7, 11) is 0. The highest BCUT2D eigenvalue weighted by atomic mass is 19.1. The number of aromatic nitrogens is 1. The van der Waals surface area contributed by atoms with E-state index in [0.29, 0.717) is 11.4 Å². The third-order valence-corrected chi connectivity index (χ3v) is 4.90. The zero-order chi connectivity index (χ0) is 17.6. The average molecular weight is 341 g/mol. The molecule has 0 spiro atoms. The molecule has 0 aliphatic carbocycles. The van der Waals surface area contributed by atoms with Crippen molar-refractivity contribution in [3.05, 3.63) is 53.5 Å². The van der Waals surface area contributed by atoms with Crippen LogP contribution in [0.15, 0.2) is 36.5 Å².